The second-order valence-electron chi connectivity index (χ2n) is 8.07. The van der Waals surface area contributed by atoms with Gasteiger partial charge in [0.2, 0.25) is 11.8 Å². The highest BCUT2D eigenvalue weighted by Crippen LogP contribution is 2.34. The number of benzene rings is 2. The van der Waals surface area contributed by atoms with Crippen LogP contribution in [-0.4, -0.2) is 59.0 Å². The molecule has 0 aliphatic carbocycles. The second-order valence-corrected chi connectivity index (χ2v) is 9.20. The molecular formula is C23H26FN5O3S. The quantitative estimate of drug-likeness (QED) is 0.596. The number of halogens is 1. The van der Waals surface area contributed by atoms with Crippen molar-refractivity contribution < 1.29 is 18.8 Å². The molecule has 2 aliphatic heterocycles. The molecule has 33 heavy (non-hydrogen) atoms. The molecule has 10 heteroatoms. The van der Waals surface area contributed by atoms with E-state index in [2.05, 4.69) is 16.0 Å². The Morgan fingerprint density at radius 3 is 2.45 bits per heavy atom. The molecule has 2 saturated heterocycles. The number of fused-ring (bicyclic) bond motifs is 1. The van der Waals surface area contributed by atoms with Gasteiger partial charge in [-0.1, -0.05) is 42.5 Å². The number of nitrogens with zero attached hydrogens (tertiary/aromatic N) is 2. The fourth-order valence-electron chi connectivity index (χ4n) is 4.06. The fourth-order valence-corrected chi connectivity index (χ4v) is 5.20. The minimum atomic E-state index is -0.596. The minimum Gasteiger partial charge on any atom is -0.351 e. The molecule has 174 valence electrons. The largest absolute Gasteiger partial charge is 0.351 e. The third kappa shape index (κ3) is 5.02. The predicted molar refractivity (Wildman–Crippen MR) is 123 cm³/mol. The van der Waals surface area contributed by atoms with Crippen LogP contribution in [-0.2, 0) is 16.1 Å². The third-order valence-corrected chi connectivity index (χ3v) is 7.10. The van der Waals surface area contributed by atoms with Gasteiger partial charge in [-0.25, -0.2) is 9.18 Å². The molecule has 2 aromatic rings. The van der Waals surface area contributed by atoms with Gasteiger partial charge in [0.25, 0.3) is 0 Å². The Labute approximate surface area is 195 Å². The Morgan fingerprint density at radius 2 is 1.76 bits per heavy atom. The van der Waals surface area contributed by atoms with Crippen molar-refractivity contribution in [2.75, 3.05) is 19.8 Å². The van der Waals surface area contributed by atoms with Crippen LogP contribution in [0.1, 0.15) is 17.3 Å². The third-order valence-electron chi connectivity index (χ3n) is 5.89. The summed E-state index contributed by atoms with van der Waals surface area (Å²) in [6.07, 6.45) is -0.995. The first kappa shape index (κ1) is 23.2. The molecule has 4 rings (SSSR count). The van der Waals surface area contributed by atoms with Crippen LogP contribution in [0.5, 0.6) is 0 Å². The highest BCUT2D eigenvalue weighted by atomic mass is 32.2. The maximum atomic E-state index is 13.4. The molecule has 2 heterocycles. The smallest absolute Gasteiger partial charge is 0.327 e. The van der Waals surface area contributed by atoms with Crippen molar-refractivity contribution in [3.05, 3.63) is 71.5 Å². The van der Waals surface area contributed by atoms with Gasteiger partial charge in [-0.3, -0.25) is 25.1 Å². The van der Waals surface area contributed by atoms with E-state index < -0.39 is 29.7 Å². The van der Waals surface area contributed by atoms with Gasteiger partial charge in [-0.2, -0.15) is 0 Å². The molecule has 0 bridgehead atoms. The lowest BCUT2D eigenvalue weighted by Crippen LogP contribution is -2.72. The van der Waals surface area contributed by atoms with Gasteiger partial charge < -0.3 is 10.2 Å². The number of rotatable bonds is 6. The van der Waals surface area contributed by atoms with Crippen molar-refractivity contribution in [2.24, 2.45) is 5.92 Å². The fraction of sp³-hybridized carbons (Fsp3) is 0.348. The molecule has 4 amide bonds. The first-order chi connectivity index (χ1) is 15.8. The highest BCUT2D eigenvalue weighted by molar-refractivity contribution is 8.00. The summed E-state index contributed by atoms with van der Waals surface area (Å²) >= 11 is 1.31. The summed E-state index contributed by atoms with van der Waals surface area (Å²) in [7, 11) is 3.09. The standard InChI is InChI=1S/C23H26FN5O3S/c1-28-20-18(22(31)29(2)23(28)32)21(27-19(26-20)15-8-10-16(24)11-9-15)33-13-17(30)25-12-14-6-4-3-5-7-14/h3-11,18-21,26-27H,12-13H2,1-2H3,(H,25,30). The van der Waals surface area contributed by atoms with E-state index in [1.54, 1.807) is 19.2 Å². The van der Waals surface area contributed by atoms with Gasteiger partial charge in [-0.15, -0.1) is 11.8 Å². The number of urea groups is 1. The molecule has 3 N–H and O–H groups in total. The summed E-state index contributed by atoms with van der Waals surface area (Å²) in [6.45, 7) is 0.420. The first-order valence-corrected chi connectivity index (χ1v) is 11.6. The summed E-state index contributed by atoms with van der Waals surface area (Å²) in [5.41, 5.74) is 1.76. The van der Waals surface area contributed by atoms with E-state index in [1.807, 2.05) is 30.3 Å². The average Bonchev–Trinajstić information content (AvgIpc) is 2.84. The SMILES string of the molecule is CN1C(=O)C2C(SCC(=O)NCc3ccccc3)NC(c3ccc(F)cc3)NC2N(C)C1=O. The van der Waals surface area contributed by atoms with Gasteiger partial charge in [0.05, 0.1) is 29.4 Å². The van der Waals surface area contributed by atoms with E-state index in [0.717, 1.165) is 16.0 Å². The zero-order valence-electron chi connectivity index (χ0n) is 18.3. The van der Waals surface area contributed by atoms with Gasteiger partial charge in [0.15, 0.2) is 0 Å². The topological polar surface area (TPSA) is 93.8 Å². The number of hydrogen-bond donors (Lipinski definition) is 3. The molecule has 2 aromatic carbocycles. The van der Waals surface area contributed by atoms with Crippen molar-refractivity contribution in [3.8, 4) is 0 Å². The summed E-state index contributed by atoms with van der Waals surface area (Å²) in [4.78, 5) is 40.6. The molecule has 0 aromatic heterocycles. The van der Waals surface area contributed by atoms with Gasteiger partial charge in [0, 0.05) is 20.6 Å². The lowest BCUT2D eigenvalue weighted by atomic mass is 9.96. The van der Waals surface area contributed by atoms with Gasteiger partial charge in [0.1, 0.15) is 5.82 Å². The lowest BCUT2D eigenvalue weighted by Gasteiger charge is -2.50. The van der Waals surface area contributed by atoms with E-state index in [1.165, 1.54) is 35.8 Å². The zero-order chi connectivity index (χ0) is 23.5. The van der Waals surface area contributed by atoms with Crippen molar-refractivity contribution in [2.45, 2.75) is 24.3 Å². The van der Waals surface area contributed by atoms with Crippen LogP contribution in [0.2, 0.25) is 0 Å². The maximum Gasteiger partial charge on any atom is 0.327 e. The Morgan fingerprint density at radius 1 is 1.06 bits per heavy atom. The predicted octanol–water partition coefficient (Wildman–Crippen LogP) is 1.86. The van der Waals surface area contributed by atoms with Crippen molar-refractivity contribution >= 4 is 29.6 Å². The molecular weight excluding hydrogens is 445 g/mol. The second kappa shape index (κ2) is 9.90. The zero-order valence-corrected chi connectivity index (χ0v) is 19.1. The van der Waals surface area contributed by atoms with Crippen LogP contribution in [0.25, 0.3) is 0 Å². The van der Waals surface area contributed by atoms with Crippen molar-refractivity contribution in [1.29, 1.82) is 0 Å². The Balaban J connectivity index is 1.49. The number of amides is 4. The number of hydrogen-bond acceptors (Lipinski definition) is 6. The monoisotopic (exact) mass is 471 g/mol. The summed E-state index contributed by atoms with van der Waals surface area (Å²) in [5, 5.41) is 9.11. The van der Waals surface area contributed by atoms with E-state index >= 15 is 0 Å². The van der Waals surface area contributed by atoms with Crippen molar-refractivity contribution in [3.63, 3.8) is 0 Å². The number of imide groups is 1. The first-order valence-electron chi connectivity index (χ1n) is 10.6. The number of thioether (sulfide) groups is 1. The normalized spacial score (nSPS) is 25.1. The Bertz CT molecular complexity index is 1020. The van der Waals surface area contributed by atoms with E-state index in [-0.39, 0.29) is 23.4 Å². The molecule has 4 atom stereocenters. The van der Waals surface area contributed by atoms with E-state index in [0.29, 0.717) is 6.54 Å². The van der Waals surface area contributed by atoms with Gasteiger partial charge >= 0.3 is 6.03 Å². The minimum absolute atomic E-state index is 0.137. The van der Waals surface area contributed by atoms with Crippen LogP contribution in [0.15, 0.2) is 54.6 Å². The highest BCUT2D eigenvalue weighted by Gasteiger charge is 2.51. The van der Waals surface area contributed by atoms with E-state index in [4.69, 9.17) is 0 Å². The average molecular weight is 472 g/mol. The van der Waals surface area contributed by atoms with Crippen LogP contribution >= 0.6 is 11.8 Å². The number of carbonyl (C=O) groups is 3. The maximum absolute atomic E-state index is 13.4. The van der Waals surface area contributed by atoms with Gasteiger partial charge in [-0.05, 0) is 23.3 Å². The molecule has 4 unspecified atom stereocenters. The summed E-state index contributed by atoms with van der Waals surface area (Å²) < 4.78 is 13.4. The van der Waals surface area contributed by atoms with Crippen LogP contribution in [0, 0.1) is 11.7 Å². The molecule has 0 spiro atoms. The molecule has 2 aliphatic rings. The molecule has 0 saturated carbocycles. The number of carbonyl (C=O) groups excluding carboxylic acids is 3. The molecule has 8 nitrogen and oxygen atoms in total. The lowest BCUT2D eigenvalue weighted by molar-refractivity contribution is -0.140. The Kier molecular flexibility index (Phi) is 6.96. The molecule has 0 radical (unpaired) electrons. The van der Waals surface area contributed by atoms with Crippen molar-refractivity contribution in [1.82, 2.24) is 25.8 Å². The Hall–Kier alpha value is -2.95. The van der Waals surface area contributed by atoms with Crippen LogP contribution in [0.4, 0.5) is 9.18 Å². The van der Waals surface area contributed by atoms with Crippen LogP contribution < -0.4 is 16.0 Å². The van der Waals surface area contributed by atoms with E-state index in [9.17, 15) is 18.8 Å². The summed E-state index contributed by atoms with van der Waals surface area (Å²) in [5.74, 6) is -1.28. The molecule has 2 fully saturated rings. The van der Waals surface area contributed by atoms with Crippen LogP contribution in [0.3, 0.4) is 0 Å². The summed E-state index contributed by atoms with van der Waals surface area (Å²) in [6, 6.07) is 15.2. The number of nitrogens with one attached hydrogen (secondary N) is 3.